The minimum atomic E-state index is 0.676. The zero-order valence-electron chi connectivity index (χ0n) is 18.5. The predicted octanol–water partition coefficient (Wildman–Crippen LogP) is 7.87. The van der Waals surface area contributed by atoms with Crippen molar-refractivity contribution in [1.82, 2.24) is 0 Å². The van der Waals surface area contributed by atoms with E-state index in [0.717, 1.165) is 23.3 Å². The van der Waals surface area contributed by atoms with E-state index in [9.17, 15) is 4.79 Å². The minimum absolute atomic E-state index is 0.676. The van der Waals surface area contributed by atoms with Crippen molar-refractivity contribution < 1.29 is 4.79 Å². The summed E-state index contributed by atoms with van der Waals surface area (Å²) in [5.41, 5.74) is 11.3. The van der Waals surface area contributed by atoms with Crippen LogP contribution in [0.3, 0.4) is 0 Å². The van der Waals surface area contributed by atoms with Crippen LogP contribution in [0.25, 0.3) is 11.1 Å². The molecule has 0 aromatic heterocycles. The quantitative estimate of drug-likeness (QED) is 0.315. The molecule has 154 valence electrons. The van der Waals surface area contributed by atoms with Crippen LogP contribution in [-0.2, 0) is 0 Å². The lowest BCUT2D eigenvalue weighted by molar-refractivity contribution is 0.112. The molecular formula is C29H27NO. The summed E-state index contributed by atoms with van der Waals surface area (Å²) in [4.78, 5) is 13.4. The molecule has 0 heterocycles. The average Bonchev–Trinajstić information content (AvgIpc) is 2.78. The maximum atomic E-state index is 11.1. The molecule has 2 nitrogen and oxygen atoms in total. The molecule has 0 amide bonds. The number of benzene rings is 4. The zero-order valence-corrected chi connectivity index (χ0v) is 18.5. The summed E-state index contributed by atoms with van der Waals surface area (Å²) in [5.74, 6) is 0. The summed E-state index contributed by atoms with van der Waals surface area (Å²) in [6.07, 6.45) is 0.881. The van der Waals surface area contributed by atoms with Gasteiger partial charge < -0.3 is 4.90 Å². The van der Waals surface area contributed by atoms with Crippen LogP contribution in [0.5, 0.6) is 0 Å². The number of aryl methyl sites for hydroxylation is 4. The van der Waals surface area contributed by atoms with Gasteiger partial charge in [-0.15, -0.1) is 0 Å². The van der Waals surface area contributed by atoms with Crippen molar-refractivity contribution in [2.75, 3.05) is 4.90 Å². The van der Waals surface area contributed by atoms with Crippen LogP contribution in [0.15, 0.2) is 84.9 Å². The number of hydrogen-bond acceptors (Lipinski definition) is 2. The second-order valence-electron chi connectivity index (χ2n) is 8.18. The molecule has 0 saturated heterocycles. The van der Waals surface area contributed by atoms with Gasteiger partial charge in [0, 0.05) is 22.6 Å². The number of rotatable bonds is 5. The van der Waals surface area contributed by atoms with E-state index < -0.39 is 0 Å². The van der Waals surface area contributed by atoms with Crippen LogP contribution < -0.4 is 4.90 Å². The third-order valence-corrected chi connectivity index (χ3v) is 5.83. The Morgan fingerprint density at radius 1 is 0.613 bits per heavy atom. The SMILES string of the molecule is Cc1cccc(-c2ccc(N(c3ccc(C=O)cc3)c3ccc(C)c(C)c3)c(C)c2)c1. The first-order valence-corrected chi connectivity index (χ1v) is 10.6. The Labute approximate surface area is 184 Å². The lowest BCUT2D eigenvalue weighted by atomic mass is 9.99. The molecule has 4 rings (SSSR count). The van der Waals surface area contributed by atoms with Gasteiger partial charge in [0.1, 0.15) is 6.29 Å². The number of anilines is 3. The molecule has 4 aromatic rings. The third kappa shape index (κ3) is 4.29. The predicted molar refractivity (Wildman–Crippen MR) is 131 cm³/mol. The van der Waals surface area contributed by atoms with Crippen LogP contribution >= 0.6 is 0 Å². The van der Waals surface area contributed by atoms with E-state index in [-0.39, 0.29) is 0 Å². The first-order chi connectivity index (χ1) is 15.0. The fourth-order valence-corrected chi connectivity index (χ4v) is 3.90. The fourth-order valence-electron chi connectivity index (χ4n) is 3.90. The second-order valence-corrected chi connectivity index (χ2v) is 8.18. The molecule has 2 heteroatoms. The molecule has 0 atom stereocenters. The van der Waals surface area contributed by atoms with Crippen molar-refractivity contribution >= 4 is 23.3 Å². The molecule has 0 bridgehead atoms. The van der Waals surface area contributed by atoms with Gasteiger partial charge in [-0.05, 0) is 104 Å². The van der Waals surface area contributed by atoms with Gasteiger partial charge in [-0.3, -0.25) is 4.79 Å². The van der Waals surface area contributed by atoms with Crippen LogP contribution in [-0.4, -0.2) is 6.29 Å². The molecule has 0 aliphatic heterocycles. The van der Waals surface area contributed by atoms with E-state index in [0.29, 0.717) is 5.56 Å². The van der Waals surface area contributed by atoms with E-state index in [2.05, 4.69) is 93.3 Å². The topological polar surface area (TPSA) is 20.3 Å². The van der Waals surface area contributed by atoms with Crippen molar-refractivity contribution in [3.63, 3.8) is 0 Å². The highest BCUT2D eigenvalue weighted by Gasteiger charge is 2.16. The largest absolute Gasteiger partial charge is 0.310 e. The van der Waals surface area contributed by atoms with Gasteiger partial charge in [-0.1, -0.05) is 42.0 Å². The summed E-state index contributed by atoms with van der Waals surface area (Å²) >= 11 is 0. The molecule has 0 aliphatic carbocycles. The van der Waals surface area contributed by atoms with Gasteiger partial charge in [0.2, 0.25) is 0 Å². The molecule has 31 heavy (non-hydrogen) atoms. The standard InChI is InChI=1S/C29H27NO/c1-20-6-5-7-25(16-20)26-11-15-29(23(4)17-26)30(27-13-9-24(19-31)10-14-27)28-12-8-21(2)22(3)18-28/h5-19H,1-4H3. The summed E-state index contributed by atoms with van der Waals surface area (Å²) in [5, 5.41) is 0. The lowest BCUT2D eigenvalue weighted by Gasteiger charge is -2.28. The van der Waals surface area contributed by atoms with Crippen molar-refractivity contribution in [3.05, 3.63) is 113 Å². The highest BCUT2D eigenvalue weighted by atomic mass is 16.1. The Balaban J connectivity index is 1.84. The van der Waals surface area contributed by atoms with E-state index >= 15 is 0 Å². The van der Waals surface area contributed by atoms with E-state index in [1.807, 2.05) is 24.3 Å². The molecular weight excluding hydrogens is 378 g/mol. The number of aldehydes is 1. The monoisotopic (exact) mass is 405 g/mol. The molecule has 0 unspecified atom stereocenters. The normalized spacial score (nSPS) is 10.7. The van der Waals surface area contributed by atoms with Gasteiger partial charge >= 0.3 is 0 Å². The number of nitrogens with zero attached hydrogens (tertiary/aromatic N) is 1. The first-order valence-electron chi connectivity index (χ1n) is 10.6. The second kappa shape index (κ2) is 8.61. The zero-order chi connectivity index (χ0) is 22.0. The van der Waals surface area contributed by atoms with Crippen molar-refractivity contribution in [2.24, 2.45) is 0 Å². The maximum absolute atomic E-state index is 11.1. The van der Waals surface area contributed by atoms with Crippen molar-refractivity contribution in [1.29, 1.82) is 0 Å². The fraction of sp³-hybridized carbons (Fsp3) is 0.138. The van der Waals surface area contributed by atoms with E-state index in [1.165, 1.54) is 33.4 Å². The minimum Gasteiger partial charge on any atom is -0.310 e. The molecule has 0 N–H and O–H groups in total. The smallest absolute Gasteiger partial charge is 0.150 e. The average molecular weight is 406 g/mol. The summed E-state index contributed by atoms with van der Waals surface area (Å²) in [6, 6.07) is 29.5. The summed E-state index contributed by atoms with van der Waals surface area (Å²) in [6.45, 7) is 8.54. The van der Waals surface area contributed by atoms with Crippen LogP contribution in [0.2, 0.25) is 0 Å². The van der Waals surface area contributed by atoms with Crippen LogP contribution in [0.1, 0.15) is 32.6 Å². The van der Waals surface area contributed by atoms with Crippen molar-refractivity contribution in [3.8, 4) is 11.1 Å². The van der Waals surface area contributed by atoms with Gasteiger partial charge in [0.05, 0.1) is 0 Å². The van der Waals surface area contributed by atoms with Gasteiger partial charge in [-0.25, -0.2) is 0 Å². The highest BCUT2D eigenvalue weighted by molar-refractivity contribution is 5.83. The van der Waals surface area contributed by atoms with E-state index in [4.69, 9.17) is 0 Å². The number of hydrogen-bond donors (Lipinski definition) is 0. The highest BCUT2D eigenvalue weighted by Crippen LogP contribution is 2.38. The van der Waals surface area contributed by atoms with Crippen molar-refractivity contribution in [2.45, 2.75) is 27.7 Å². The lowest BCUT2D eigenvalue weighted by Crippen LogP contribution is -2.12. The Morgan fingerprint density at radius 3 is 1.97 bits per heavy atom. The first kappa shape index (κ1) is 20.6. The van der Waals surface area contributed by atoms with E-state index in [1.54, 1.807) is 0 Å². The van der Waals surface area contributed by atoms with Crippen LogP contribution in [0, 0.1) is 27.7 Å². The Morgan fingerprint density at radius 2 is 1.32 bits per heavy atom. The molecule has 0 aliphatic rings. The third-order valence-electron chi connectivity index (χ3n) is 5.83. The number of carbonyl (C=O) groups is 1. The molecule has 0 fully saturated rings. The molecule has 0 radical (unpaired) electrons. The Bertz CT molecular complexity index is 1240. The molecule has 4 aromatic carbocycles. The Kier molecular flexibility index (Phi) is 5.73. The van der Waals surface area contributed by atoms with Gasteiger partial charge in [0.15, 0.2) is 0 Å². The number of carbonyl (C=O) groups excluding carboxylic acids is 1. The van der Waals surface area contributed by atoms with Crippen LogP contribution in [0.4, 0.5) is 17.1 Å². The molecule has 0 saturated carbocycles. The van der Waals surface area contributed by atoms with Gasteiger partial charge in [0.25, 0.3) is 0 Å². The summed E-state index contributed by atoms with van der Waals surface area (Å²) < 4.78 is 0. The van der Waals surface area contributed by atoms with Gasteiger partial charge in [-0.2, -0.15) is 0 Å². The maximum Gasteiger partial charge on any atom is 0.150 e. The molecule has 0 spiro atoms. The summed E-state index contributed by atoms with van der Waals surface area (Å²) in [7, 11) is 0. The Hall–Kier alpha value is -3.65.